The van der Waals surface area contributed by atoms with Crippen LogP contribution in [0.25, 0.3) is 0 Å². The largest absolute Gasteiger partial charge is 0.472 e. The number of thiol groups is 1. The van der Waals surface area contributed by atoms with Crippen LogP contribution in [0.3, 0.4) is 0 Å². The van der Waals surface area contributed by atoms with Gasteiger partial charge in [0.05, 0.1) is 12.7 Å². The van der Waals surface area contributed by atoms with Crippen molar-refractivity contribution >= 4 is 22.0 Å². The van der Waals surface area contributed by atoms with Crippen LogP contribution in [-0.2, 0) is 42.5 Å². The highest BCUT2D eigenvalue weighted by Gasteiger charge is 2.31. The first kappa shape index (κ1) is 18.6. The van der Waals surface area contributed by atoms with Crippen molar-refractivity contribution in [2.75, 3.05) is 5.32 Å². The second-order valence-corrected chi connectivity index (χ2v) is 10.3. The number of benzene rings is 1. The number of hydrogen-bond donors (Lipinski definition) is 4. The van der Waals surface area contributed by atoms with Crippen molar-refractivity contribution in [3.63, 3.8) is 0 Å². The Morgan fingerprint density at radius 1 is 1.21 bits per heavy atom. The maximum absolute atomic E-state index is 13.1. The van der Waals surface area contributed by atoms with Gasteiger partial charge >= 0.3 is 6.03 Å². The fourth-order valence-electron chi connectivity index (χ4n) is 5.05. The molecule has 8 nitrogen and oxygen atoms in total. The SMILES string of the molecule is Cc1c2c(c(NC(=O)N[SH](N)(=O)c3cnn4c3O[C@@H](C)C4)c3c1CCC3)CCC2. The van der Waals surface area contributed by atoms with Gasteiger partial charge in [0.15, 0.2) is 0 Å². The Kier molecular flexibility index (Phi) is 4.22. The third-order valence-electron chi connectivity index (χ3n) is 6.32. The Morgan fingerprint density at radius 2 is 1.83 bits per heavy atom. The smallest absolute Gasteiger partial charge is 0.330 e. The van der Waals surface area contributed by atoms with E-state index in [9.17, 15) is 9.00 Å². The van der Waals surface area contributed by atoms with Gasteiger partial charge in [0.25, 0.3) is 0 Å². The second-order valence-electron chi connectivity index (χ2n) is 8.29. The molecule has 9 heteroatoms. The van der Waals surface area contributed by atoms with Crippen LogP contribution in [0.5, 0.6) is 5.88 Å². The maximum Gasteiger partial charge on any atom is 0.330 e. The monoisotopic (exact) mass is 417 g/mol. The average molecular weight is 418 g/mol. The highest BCUT2D eigenvalue weighted by molar-refractivity contribution is 7.99. The molecule has 1 aliphatic heterocycles. The molecule has 1 aromatic carbocycles. The molecule has 5 rings (SSSR count). The number of urea groups is 1. The fourth-order valence-corrected chi connectivity index (χ4v) is 6.20. The van der Waals surface area contributed by atoms with Gasteiger partial charge in [-0.2, -0.15) is 5.10 Å². The molecule has 2 aromatic rings. The van der Waals surface area contributed by atoms with E-state index in [-0.39, 0.29) is 11.0 Å². The topological polar surface area (TPSA) is 111 Å². The lowest BCUT2D eigenvalue weighted by molar-refractivity contribution is 0.248. The highest BCUT2D eigenvalue weighted by atomic mass is 32.3. The lowest BCUT2D eigenvalue weighted by Gasteiger charge is -2.23. The quantitative estimate of drug-likeness (QED) is 0.572. The third-order valence-corrected chi connectivity index (χ3v) is 7.88. The summed E-state index contributed by atoms with van der Waals surface area (Å²) in [6.45, 7) is 4.68. The number of fused-ring (bicyclic) bond motifs is 3. The van der Waals surface area contributed by atoms with Crippen LogP contribution >= 0.6 is 0 Å². The molecule has 0 spiro atoms. The van der Waals surface area contributed by atoms with Crippen LogP contribution in [0.1, 0.15) is 47.6 Å². The molecule has 0 unspecified atom stereocenters. The Bertz CT molecular complexity index is 1040. The van der Waals surface area contributed by atoms with Crippen molar-refractivity contribution < 1.29 is 13.7 Å². The molecule has 2 aliphatic carbocycles. The van der Waals surface area contributed by atoms with Crippen LogP contribution in [-0.4, -0.2) is 26.1 Å². The number of aromatic nitrogens is 2. The Hall–Kier alpha value is -2.39. The maximum atomic E-state index is 13.1. The molecule has 0 radical (unpaired) electrons. The van der Waals surface area contributed by atoms with Gasteiger partial charge in [0.1, 0.15) is 11.0 Å². The lowest BCUT2D eigenvalue weighted by atomic mass is 9.93. The van der Waals surface area contributed by atoms with Crippen LogP contribution in [0.15, 0.2) is 11.1 Å². The molecule has 0 fully saturated rings. The van der Waals surface area contributed by atoms with Crippen molar-refractivity contribution in [3.05, 3.63) is 34.0 Å². The van der Waals surface area contributed by atoms with Crippen LogP contribution in [0.2, 0.25) is 0 Å². The van der Waals surface area contributed by atoms with Crippen molar-refractivity contribution in [1.82, 2.24) is 14.5 Å². The molecular formula is C20H27N5O3S. The van der Waals surface area contributed by atoms with E-state index in [1.807, 2.05) is 6.92 Å². The van der Waals surface area contributed by atoms with E-state index in [0.29, 0.717) is 12.4 Å². The molecule has 0 bridgehead atoms. The number of amides is 2. The summed E-state index contributed by atoms with van der Waals surface area (Å²) in [6, 6.07) is -0.547. The summed E-state index contributed by atoms with van der Waals surface area (Å²) in [7, 11) is -3.68. The van der Waals surface area contributed by atoms with Gasteiger partial charge in [-0.05, 0) is 80.2 Å². The van der Waals surface area contributed by atoms with Gasteiger partial charge in [-0.3, -0.25) is 9.86 Å². The minimum atomic E-state index is -3.68. The predicted octanol–water partition coefficient (Wildman–Crippen LogP) is 1.94. The van der Waals surface area contributed by atoms with Gasteiger partial charge in [-0.15, -0.1) is 0 Å². The summed E-state index contributed by atoms with van der Waals surface area (Å²) >= 11 is 0. The molecule has 4 N–H and O–H groups in total. The van der Waals surface area contributed by atoms with E-state index < -0.39 is 16.3 Å². The molecule has 1 aromatic heterocycles. The minimum absolute atomic E-state index is 0.0657. The number of carbonyl (C=O) groups excluding carboxylic acids is 1. The summed E-state index contributed by atoms with van der Waals surface area (Å²) in [4.78, 5) is 13.1. The van der Waals surface area contributed by atoms with Crippen molar-refractivity contribution in [2.45, 2.75) is 69.9 Å². The zero-order valence-corrected chi connectivity index (χ0v) is 17.6. The number of anilines is 1. The van der Waals surface area contributed by atoms with E-state index in [4.69, 9.17) is 9.88 Å². The van der Waals surface area contributed by atoms with E-state index >= 15 is 0 Å². The number of rotatable bonds is 3. The number of nitrogens with one attached hydrogen (secondary N) is 2. The van der Waals surface area contributed by atoms with Crippen molar-refractivity contribution in [2.24, 2.45) is 5.14 Å². The van der Waals surface area contributed by atoms with E-state index in [1.165, 1.54) is 34.0 Å². The van der Waals surface area contributed by atoms with E-state index in [0.717, 1.165) is 44.2 Å². The van der Waals surface area contributed by atoms with Crippen LogP contribution in [0.4, 0.5) is 10.5 Å². The molecule has 29 heavy (non-hydrogen) atoms. The Balaban J connectivity index is 1.42. The standard InChI is InChI=1S/C20H27N5O3S/c1-11-10-25-19(28-11)17(9-22-25)29(21,27)24-20(26)23-18-15-7-3-5-13(15)12(2)14-6-4-8-16(14)18/h9,11,29H,3-8,10H2,1-2H3,(H4,21,23,24,26,27)/t11-/m0/s1. The zero-order valence-electron chi connectivity index (χ0n) is 16.7. The van der Waals surface area contributed by atoms with E-state index in [1.54, 1.807) is 4.68 Å². The molecule has 0 saturated carbocycles. The molecule has 1 atom stereocenters. The molecule has 156 valence electrons. The van der Waals surface area contributed by atoms with Crippen molar-refractivity contribution in [3.8, 4) is 5.88 Å². The summed E-state index contributed by atoms with van der Waals surface area (Å²) in [5, 5.41) is 13.2. The average Bonchev–Trinajstić information content (AvgIpc) is 3.40. The van der Waals surface area contributed by atoms with Crippen LogP contribution < -0.4 is 19.9 Å². The lowest BCUT2D eigenvalue weighted by Crippen LogP contribution is -2.45. The van der Waals surface area contributed by atoms with Gasteiger partial charge in [0.2, 0.25) is 5.88 Å². The number of nitrogens with two attached hydrogens (primary N) is 1. The van der Waals surface area contributed by atoms with E-state index in [2.05, 4.69) is 22.1 Å². The zero-order chi connectivity index (χ0) is 20.3. The number of carbonyl (C=O) groups is 1. The van der Waals surface area contributed by atoms with Gasteiger partial charge < -0.3 is 10.1 Å². The number of ether oxygens (including phenoxy) is 1. The first-order valence-electron chi connectivity index (χ1n) is 10.2. The number of hydrogen-bond acceptors (Lipinski definition) is 4. The summed E-state index contributed by atoms with van der Waals surface area (Å²) in [5.41, 5.74) is 7.49. The fraction of sp³-hybridized carbons (Fsp3) is 0.500. The van der Waals surface area contributed by atoms with Gasteiger partial charge in [-0.1, -0.05) is 0 Å². The summed E-state index contributed by atoms with van der Waals surface area (Å²) in [6.07, 6.45) is 7.58. The first-order chi connectivity index (χ1) is 13.8. The molecule has 0 saturated heterocycles. The number of nitrogens with zero attached hydrogens (tertiary/aromatic N) is 2. The molecule has 2 heterocycles. The first-order valence-corrected chi connectivity index (χ1v) is 12.0. The molecule has 2 amide bonds. The minimum Gasteiger partial charge on any atom is -0.472 e. The van der Waals surface area contributed by atoms with Crippen LogP contribution in [0, 0.1) is 6.92 Å². The predicted molar refractivity (Wildman–Crippen MR) is 112 cm³/mol. The normalized spacial score (nSPS) is 20.0. The van der Waals surface area contributed by atoms with Crippen molar-refractivity contribution in [1.29, 1.82) is 0 Å². The highest BCUT2D eigenvalue weighted by Crippen LogP contribution is 2.41. The summed E-state index contributed by atoms with van der Waals surface area (Å²) < 4.78 is 22.9. The second kappa shape index (κ2) is 6.56. The summed E-state index contributed by atoms with van der Waals surface area (Å²) in [5.74, 6) is 0.376. The Labute approximate surface area is 170 Å². The molecule has 3 aliphatic rings. The van der Waals surface area contributed by atoms with Gasteiger partial charge in [0, 0.05) is 16.0 Å². The Morgan fingerprint density at radius 3 is 2.48 bits per heavy atom. The molecular weight excluding hydrogens is 390 g/mol. The third kappa shape index (κ3) is 2.95. The van der Waals surface area contributed by atoms with Gasteiger partial charge in [-0.25, -0.2) is 13.7 Å².